The van der Waals surface area contributed by atoms with Crippen LogP contribution < -0.4 is 4.90 Å². The molecule has 0 spiro atoms. The zero-order chi connectivity index (χ0) is 12.3. The van der Waals surface area contributed by atoms with E-state index in [2.05, 4.69) is 58.3 Å². The van der Waals surface area contributed by atoms with E-state index in [9.17, 15) is 0 Å². The van der Waals surface area contributed by atoms with Crippen LogP contribution in [0.1, 0.15) is 6.92 Å². The monoisotopic (exact) mass is 247 g/mol. The van der Waals surface area contributed by atoms with Crippen molar-refractivity contribution in [1.82, 2.24) is 4.90 Å². The van der Waals surface area contributed by atoms with Gasteiger partial charge in [-0.25, -0.2) is 0 Å². The van der Waals surface area contributed by atoms with Crippen LogP contribution in [-0.4, -0.2) is 42.8 Å². The van der Waals surface area contributed by atoms with E-state index in [1.807, 2.05) is 12.1 Å². The fourth-order valence-corrected chi connectivity index (χ4v) is 2.18. The molecule has 3 nitrogen and oxygen atoms in total. The fraction of sp³-hybridized carbons (Fsp3) is 0.462. The van der Waals surface area contributed by atoms with Gasteiger partial charge in [-0.05, 0) is 50.5 Å². The highest BCUT2D eigenvalue weighted by molar-refractivity contribution is 7.78. The summed E-state index contributed by atoms with van der Waals surface area (Å²) in [7, 11) is 2.18. The maximum atomic E-state index is 4.59. The van der Waals surface area contributed by atoms with Gasteiger partial charge in [-0.2, -0.15) is 4.99 Å². The summed E-state index contributed by atoms with van der Waals surface area (Å²) in [6.07, 6.45) is 0. The second-order valence-corrected chi connectivity index (χ2v) is 4.68. The van der Waals surface area contributed by atoms with Crippen molar-refractivity contribution in [3.63, 3.8) is 0 Å². The zero-order valence-electron chi connectivity index (χ0n) is 10.3. The van der Waals surface area contributed by atoms with Gasteiger partial charge in [-0.3, -0.25) is 0 Å². The van der Waals surface area contributed by atoms with Crippen LogP contribution in [0, 0.1) is 0 Å². The summed E-state index contributed by atoms with van der Waals surface area (Å²) in [6.45, 7) is 5.53. The van der Waals surface area contributed by atoms with Crippen molar-refractivity contribution < 1.29 is 0 Å². The molecular weight excluding hydrogens is 230 g/mol. The molecular formula is C13H17N3S. The highest BCUT2D eigenvalue weighted by Crippen LogP contribution is 2.21. The van der Waals surface area contributed by atoms with Gasteiger partial charge in [0, 0.05) is 31.4 Å². The van der Waals surface area contributed by atoms with Gasteiger partial charge in [0.15, 0.2) is 0 Å². The van der Waals surface area contributed by atoms with Crippen molar-refractivity contribution in [2.24, 2.45) is 4.99 Å². The Kier molecular flexibility index (Phi) is 3.89. The number of nitrogens with zero attached hydrogens (tertiary/aromatic N) is 3. The van der Waals surface area contributed by atoms with E-state index in [0.29, 0.717) is 6.04 Å². The Morgan fingerprint density at radius 3 is 2.59 bits per heavy atom. The quantitative estimate of drug-likeness (QED) is 0.591. The van der Waals surface area contributed by atoms with Crippen LogP contribution in [0.15, 0.2) is 29.3 Å². The smallest absolute Gasteiger partial charge is 0.0741 e. The van der Waals surface area contributed by atoms with E-state index >= 15 is 0 Å². The van der Waals surface area contributed by atoms with Gasteiger partial charge in [0.05, 0.1) is 10.8 Å². The van der Waals surface area contributed by atoms with Gasteiger partial charge in [-0.15, -0.1) is 0 Å². The second kappa shape index (κ2) is 5.41. The first-order valence-corrected chi connectivity index (χ1v) is 6.24. The minimum absolute atomic E-state index is 0.599. The lowest BCUT2D eigenvalue weighted by molar-refractivity contribution is 0.234. The predicted molar refractivity (Wildman–Crippen MR) is 75.4 cm³/mol. The Hall–Kier alpha value is -1.22. The van der Waals surface area contributed by atoms with E-state index in [4.69, 9.17) is 0 Å². The Bertz CT molecular complexity index is 423. The number of isothiocyanates is 1. The van der Waals surface area contributed by atoms with Gasteiger partial charge in [0.25, 0.3) is 0 Å². The first-order chi connectivity index (χ1) is 8.20. The molecule has 17 heavy (non-hydrogen) atoms. The molecule has 0 N–H and O–H groups in total. The lowest BCUT2D eigenvalue weighted by atomic mass is 10.1. The third kappa shape index (κ3) is 2.91. The van der Waals surface area contributed by atoms with Crippen LogP contribution in [-0.2, 0) is 0 Å². The Morgan fingerprint density at radius 1 is 1.29 bits per heavy atom. The summed E-state index contributed by atoms with van der Waals surface area (Å²) < 4.78 is 0. The number of aliphatic imine (C=N–C) groups is 1. The molecule has 90 valence electrons. The van der Waals surface area contributed by atoms with Crippen LogP contribution in [0.25, 0.3) is 0 Å². The molecule has 4 heteroatoms. The molecule has 1 aromatic carbocycles. The SMILES string of the molecule is C[C@@H]1CN(c2ccc(N=C=S)cc2)CCN1C. The lowest BCUT2D eigenvalue weighted by Crippen LogP contribution is -2.50. The molecule has 1 saturated heterocycles. The molecule has 1 fully saturated rings. The van der Waals surface area contributed by atoms with Crippen LogP contribution in [0.4, 0.5) is 11.4 Å². The Labute approximate surface area is 108 Å². The lowest BCUT2D eigenvalue weighted by Gasteiger charge is -2.39. The summed E-state index contributed by atoms with van der Waals surface area (Å²) in [5.74, 6) is 0. The van der Waals surface area contributed by atoms with Crippen LogP contribution >= 0.6 is 12.2 Å². The van der Waals surface area contributed by atoms with E-state index in [-0.39, 0.29) is 0 Å². The Morgan fingerprint density at radius 2 is 2.00 bits per heavy atom. The average molecular weight is 247 g/mol. The van der Waals surface area contributed by atoms with Crippen molar-refractivity contribution >= 4 is 28.8 Å². The molecule has 1 atom stereocenters. The topological polar surface area (TPSA) is 18.8 Å². The normalized spacial score (nSPS) is 21.1. The number of piperazine rings is 1. The summed E-state index contributed by atoms with van der Waals surface area (Å²) in [5, 5.41) is 2.38. The second-order valence-electron chi connectivity index (χ2n) is 4.50. The number of hydrogen-bond donors (Lipinski definition) is 0. The molecule has 0 aliphatic carbocycles. The van der Waals surface area contributed by atoms with E-state index in [0.717, 1.165) is 25.3 Å². The minimum Gasteiger partial charge on any atom is -0.369 e. The number of rotatable bonds is 2. The van der Waals surface area contributed by atoms with Crippen LogP contribution in [0.3, 0.4) is 0 Å². The Balaban J connectivity index is 2.10. The van der Waals surface area contributed by atoms with E-state index in [1.165, 1.54) is 5.69 Å². The molecule has 0 unspecified atom stereocenters. The third-order valence-corrected chi connectivity index (χ3v) is 3.44. The van der Waals surface area contributed by atoms with Gasteiger partial charge in [0.1, 0.15) is 0 Å². The van der Waals surface area contributed by atoms with Crippen LogP contribution in [0.5, 0.6) is 0 Å². The maximum Gasteiger partial charge on any atom is 0.0741 e. The number of thiocarbonyl (C=S) groups is 1. The molecule has 0 amide bonds. The largest absolute Gasteiger partial charge is 0.369 e. The molecule has 1 aliphatic rings. The standard InChI is InChI=1S/C13H17N3S/c1-11-9-16(8-7-15(11)2)13-5-3-12(4-6-13)14-10-17/h3-6,11H,7-9H2,1-2H3/t11-/m1/s1. The van der Waals surface area contributed by atoms with Crippen molar-refractivity contribution in [3.05, 3.63) is 24.3 Å². The maximum absolute atomic E-state index is 4.59. The molecule has 0 radical (unpaired) electrons. The van der Waals surface area contributed by atoms with E-state index in [1.54, 1.807) is 0 Å². The van der Waals surface area contributed by atoms with E-state index < -0.39 is 0 Å². The molecule has 0 saturated carbocycles. The molecule has 0 aromatic heterocycles. The molecule has 1 aromatic rings. The number of likely N-dealkylation sites (N-methyl/N-ethyl adjacent to an activating group) is 1. The highest BCUT2D eigenvalue weighted by Gasteiger charge is 2.20. The van der Waals surface area contributed by atoms with Gasteiger partial charge in [0.2, 0.25) is 0 Å². The minimum atomic E-state index is 0.599. The number of hydrogen-bond acceptors (Lipinski definition) is 4. The van der Waals surface area contributed by atoms with Crippen molar-refractivity contribution in [2.45, 2.75) is 13.0 Å². The van der Waals surface area contributed by atoms with Crippen molar-refractivity contribution in [3.8, 4) is 0 Å². The van der Waals surface area contributed by atoms with Gasteiger partial charge in [-0.1, -0.05) is 0 Å². The first-order valence-electron chi connectivity index (χ1n) is 5.84. The summed E-state index contributed by atoms with van der Waals surface area (Å²) in [4.78, 5) is 8.76. The average Bonchev–Trinajstić information content (AvgIpc) is 2.34. The van der Waals surface area contributed by atoms with Gasteiger partial charge >= 0.3 is 0 Å². The molecule has 1 heterocycles. The third-order valence-electron chi connectivity index (χ3n) is 3.35. The predicted octanol–water partition coefficient (Wildman–Crippen LogP) is 2.56. The van der Waals surface area contributed by atoms with Crippen molar-refractivity contribution in [1.29, 1.82) is 0 Å². The fourth-order valence-electron chi connectivity index (χ4n) is 2.07. The number of anilines is 1. The molecule has 2 rings (SSSR count). The summed E-state index contributed by atoms with van der Waals surface area (Å²) >= 11 is 4.59. The highest BCUT2D eigenvalue weighted by atomic mass is 32.1. The van der Waals surface area contributed by atoms with Gasteiger partial charge < -0.3 is 9.80 Å². The molecule has 0 bridgehead atoms. The van der Waals surface area contributed by atoms with Crippen LogP contribution in [0.2, 0.25) is 0 Å². The summed E-state index contributed by atoms with van der Waals surface area (Å²) in [5.41, 5.74) is 2.12. The molecule has 1 aliphatic heterocycles. The van der Waals surface area contributed by atoms with Crippen molar-refractivity contribution in [2.75, 3.05) is 31.6 Å². The number of benzene rings is 1. The first kappa shape index (κ1) is 12.2. The zero-order valence-corrected chi connectivity index (χ0v) is 11.1. The summed E-state index contributed by atoms with van der Waals surface area (Å²) in [6, 6.07) is 8.77.